The van der Waals surface area contributed by atoms with E-state index in [0.29, 0.717) is 6.61 Å². The number of carbonyl (C=O) groups is 1. The first-order chi connectivity index (χ1) is 14.3. The minimum atomic E-state index is -0.683. The van der Waals surface area contributed by atoms with Crippen LogP contribution in [0.15, 0.2) is 35.2 Å². The number of amides is 1. The first-order valence-electron chi connectivity index (χ1n) is 9.97. The number of thioether (sulfide) groups is 1. The van der Waals surface area contributed by atoms with E-state index in [1.165, 1.54) is 0 Å². The van der Waals surface area contributed by atoms with E-state index < -0.39 is 11.7 Å². The maximum absolute atomic E-state index is 11.7. The summed E-state index contributed by atoms with van der Waals surface area (Å²) in [6, 6.07) is 9.88. The molecule has 1 amide bonds. The Morgan fingerprint density at radius 3 is 2.57 bits per heavy atom. The Morgan fingerprint density at radius 1 is 1.07 bits per heavy atom. The summed E-state index contributed by atoms with van der Waals surface area (Å²) < 4.78 is 22.0. The topological polar surface area (TPSA) is 66.0 Å². The van der Waals surface area contributed by atoms with E-state index >= 15 is 0 Å². The summed E-state index contributed by atoms with van der Waals surface area (Å²) in [6.07, 6.45) is 1.57. The molecule has 7 heteroatoms. The molecule has 2 aromatic rings. The zero-order chi connectivity index (χ0) is 21.7. The molecule has 3 rings (SSSR count). The maximum Gasteiger partial charge on any atom is 0.412 e. The van der Waals surface area contributed by atoms with Gasteiger partial charge >= 0.3 is 6.09 Å². The van der Waals surface area contributed by atoms with Gasteiger partial charge in [0.25, 0.3) is 0 Å². The van der Waals surface area contributed by atoms with E-state index in [9.17, 15) is 4.79 Å². The molecule has 0 unspecified atom stereocenters. The van der Waals surface area contributed by atoms with E-state index in [2.05, 4.69) is 5.32 Å². The molecule has 0 aliphatic carbocycles. The number of rotatable bonds is 9. The zero-order valence-corrected chi connectivity index (χ0v) is 19.0. The van der Waals surface area contributed by atoms with Crippen LogP contribution in [0, 0.1) is 6.92 Å². The fourth-order valence-electron chi connectivity index (χ4n) is 3.38. The standard InChI is InChI=1S/C23H29NO5S/c1-15-12-16(13-18-21(15)24-22(25)29-23(18,2)3)28-10-6-7-11-30-17-8-9-19(26-4)20(14-17)27-5/h8-9,12-14H,6-7,10-11H2,1-5H3,(H,24,25). The lowest BCUT2D eigenvalue weighted by Gasteiger charge is -2.33. The predicted octanol–water partition coefficient (Wildman–Crippen LogP) is 5.76. The molecular weight excluding hydrogens is 402 g/mol. The van der Waals surface area contributed by atoms with Crippen molar-refractivity contribution in [3.63, 3.8) is 0 Å². The largest absolute Gasteiger partial charge is 0.494 e. The number of fused-ring (bicyclic) bond motifs is 1. The van der Waals surface area contributed by atoms with Crippen molar-refractivity contribution in [2.24, 2.45) is 0 Å². The normalized spacial score (nSPS) is 14.4. The van der Waals surface area contributed by atoms with Crippen molar-refractivity contribution in [3.8, 4) is 17.2 Å². The zero-order valence-electron chi connectivity index (χ0n) is 18.2. The summed E-state index contributed by atoms with van der Waals surface area (Å²) in [5.41, 5.74) is 2.03. The molecule has 6 nitrogen and oxygen atoms in total. The average molecular weight is 432 g/mol. The highest BCUT2D eigenvalue weighted by Crippen LogP contribution is 2.40. The van der Waals surface area contributed by atoms with Crippen LogP contribution in [0.4, 0.5) is 10.5 Å². The van der Waals surface area contributed by atoms with Gasteiger partial charge < -0.3 is 18.9 Å². The van der Waals surface area contributed by atoms with Crippen molar-refractivity contribution >= 4 is 23.5 Å². The molecule has 1 aliphatic heterocycles. The van der Waals surface area contributed by atoms with E-state index in [1.54, 1.807) is 26.0 Å². The van der Waals surface area contributed by atoms with Gasteiger partial charge in [-0.15, -0.1) is 11.8 Å². The molecule has 0 saturated carbocycles. The second-order valence-corrected chi connectivity index (χ2v) is 8.78. The van der Waals surface area contributed by atoms with Crippen LogP contribution in [-0.4, -0.2) is 32.7 Å². The van der Waals surface area contributed by atoms with Crippen LogP contribution in [0.5, 0.6) is 17.2 Å². The minimum Gasteiger partial charge on any atom is -0.494 e. The molecule has 162 valence electrons. The van der Waals surface area contributed by atoms with Crippen LogP contribution in [0.1, 0.15) is 37.8 Å². The van der Waals surface area contributed by atoms with Gasteiger partial charge in [-0.25, -0.2) is 4.79 Å². The van der Waals surface area contributed by atoms with Crippen molar-refractivity contribution in [1.29, 1.82) is 0 Å². The Bertz CT molecular complexity index is 913. The number of hydrogen-bond donors (Lipinski definition) is 1. The Morgan fingerprint density at radius 2 is 1.83 bits per heavy atom. The maximum atomic E-state index is 11.7. The quantitative estimate of drug-likeness (QED) is 0.402. The molecule has 0 fully saturated rings. The summed E-state index contributed by atoms with van der Waals surface area (Å²) >= 11 is 1.79. The third-order valence-corrected chi connectivity index (χ3v) is 6.04. The third kappa shape index (κ3) is 5.14. The fourth-order valence-corrected chi connectivity index (χ4v) is 4.32. The number of cyclic esters (lactones) is 1. The highest BCUT2D eigenvalue weighted by atomic mass is 32.2. The molecule has 1 aliphatic rings. The lowest BCUT2D eigenvalue weighted by Crippen LogP contribution is -2.35. The lowest BCUT2D eigenvalue weighted by molar-refractivity contribution is 0.0417. The number of carbonyl (C=O) groups excluding carboxylic acids is 1. The molecule has 2 aromatic carbocycles. The number of aryl methyl sites for hydroxylation is 1. The second-order valence-electron chi connectivity index (χ2n) is 7.61. The lowest BCUT2D eigenvalue weighted by atomic mass is 9.92. The van der Waals surface area contributed by atoms with Gasteiger partial charge in [-0.05, 0) is 75.3 Å². The number of hydrogen-bond acceptors (Lipinski definition) is 6. The van der Waals surface area contributed by atoms with Gasteiger partial charge in [0.05, 0.1) is 26.5 Å². The van der Waals surface area contributed by atoms with E-state index in [0.717, 1.165) is 57.6 Å². The Labute approximate surface area is 182 Å². The number of ether oxygens (including phenoxy) is 4. The molecule has 0 saturated heterocycles. The minimum absolute atomic E-state index is 0.420. The van der Waals surface area contributed by atoms with E-state index in [4.69, 9.17) is 18.9 Å². The van der Waals surface area contributed by atoms with Gasteiger partial charge in [-0.1, -0.05) is 0 Å². The monoisotopic (exact) mass is 431 g/mol. The molecule has 0 radical (unpaired) electrons. The van der Waals surface area contributed by atoms with Crippen LogP contribution >= 0.6 is 11.8 Å². The van der Waals surface area contributed by atoms with E-state index in [-0.39, 0.29) is 0 Å². The Kier molecular flexibility index (Phi) is 7.02. The van der Waals surface area contributed by atoms with Crippen LogP contribution in [-0.2, 0) is 10.3 Å². The van der Waals surface area contributed by atoms with Crippen molar-refractivity contribution in [3.05, 3.63) is 41.5 Å². The SMILES string of the molecule is COc1ccc(SCCCCOc2cc(C)c3c(c2)C(C)(C)OC(=O)N3)cc1OC. The number of methoxy groups -OCH3 is 2. The van der Waals surface area contributed by atoms with Gasteiger partial charge in [-0.2, -0.15) is 0 Å². The number of nitrogens with one attached hydrogen (secondary N) is 1. The fraction of sp³-hybridized carbons (Fsp3) is 0.435. The Balaban J connectivity index is 1.48. The Hall–Kier alpha value is -2.54. The average Bonchev–Trinajstić information content (AvgIpc) is 2.70. The number of anilines is 1. The molecule has 0 aromatic heterocycles. The van der Waals surface area contributed by atoms with Crippen LogP contribution < -0.4 is 19.5 Å². The van der Waals surface area contributed by atoms with Crippen molar-refractivity contribution in [1.82, 2.24) is 0 Å². The van der Waals surface area contributed by atoms with E-state index in [1.807, 2.05) is 51.1 Å². The molecule has 0 atom stereocenters. The summed E-state index contributed by atoms with van der Waals surface area (Å²) in [7, 11) is 3.28. The molecule has 1 heterocycles. The van der Waals surface area contributed by atoms with Crippen molar-refractivity contribution in [2.45, 2.75) is 44.1 Å². The summed E-state index contributed by atoms with van der Waals surface area (Å²) in [4.78, 5) is 12.9. The summed E-state index contributed by atoms with van der Waals surface area (Å²) in [6.45, 7) is 6.38. The molecular formula is C23H29NO5S. The van der Waals surface area contributed by atoms with Crippen LogP contribution in [0.2, 0.25) is 0 Å². The van der Waals surface area contributed by atoms with Crippen molar-refractivity contribution < 1.29 is 23.7 Å². The molecule has 0 spiro atoms. The van der Waals surface area contributed by atoms with Crippen LogP contribution in [0.25, 0.3) is 0 Å². The first-order valence-corrected chi connectivity index (χ1v) is 11.0. The smallest absolute Gasteiger partial charge is 0.412 e. The number of benzene rings is 2. The van der Waals surface area contributed by atoms with Gasteiger partial charge in [0, 0.05) is 10.5 Å². The predicted molar refractivity (Wildman–Crippen MR) is 119 cm³/mol. The number of unbranched alkanes of at least 4 members (excludes halogenated alkanes) is 1. The molecule has 0 bridgehead atoms. The third-order valence-electron chi connectivity index (χ3n) is 4.96. The highest BCUT2D eigenvalue weighted by Gasteiger charge is 2.34. The van der Waals surface area contributed by atoms with Gasteiger partial charge in [0.15, 0.2) is 11.5 Å². The highest BCUT2D eigenvalue weighted by molar-refractivity contribution is 7.99. The van der Waals surface area contributed by atoms with Crippen molar-refractivity contribution in [2.75, 3.05) is 31.9 Å². The summed E-state index contributed by atoms with van der Waals surface area (Å²) in [5, 5.41) is 2.79. The van der Waals surface area contributed by atoms with Gasteiger partial charge in [0.1, 0.15) is 11.4 Å². The first kappa shape index (κ1) is 22.2. The van der Waals surface area contributed by atoms with Gasteiger partial charge in [0.2, 0.25) is 0 Å². The van der Waals surface area contributed by atoms with Crippen LogP contribution in [0.3, 0.4) is 0 Å². The van der Waals surface area contributed by atoms with Gasteiger partial charge in [-0.3, -0.25) is 5.32 Å². The molecule has 30 heavy (non-hydrogen) atoms. The molecule has 1 N–H and O–H groups in total. The second kappa shape index (κ2) is 9.51. The summed E-state index contributed by atoms with van der Waals surface area (Å²) in [5.74, 6) is 3.28.